The highest BCUT2D eigenvalue weighted by atomic mass is 16.2. The Balaban J connectivity index is 1.89. The molecule has 2 aromatic heterocycles. The molecule has 2 aromatic rings. The van der Waals surface area contributed by atoms with Crippen LogP contribution in [-0.4, -0.2) is 33.5 Å². The van der Waals surface area contributed by atoms with E-state index in [1.807, 2.05) is 13.8 Å². The average Bonchev–Trinajstić information content (AvgIpc) is 2.77. The summed E-state index contributed by atoms with van der Waals surface area (Å²) < 4.78 is 1.63. The van der Waals surface area contributed by atoms with Crippen molar-refractivity contribution in [2.75, 3.05) is 17.7 Å². The summed E-state index contributed by atoms with van der Waals surface area (Å²) in [6, 6.07) is 5.30. The fraction of sp³-hybridized carbons (Fsp3) is 0.478. The Morgan fingerprint density at radius 2 is 1.97 bits per heavy atom. The van der Waals surface area contributed by atoms with Gasteiger partial charge in [0.2, 0.25) is 0 Å². The molecule has 2 heterocycles. The predicted molar refractivity (Wildman–Crippen MR) is 128 cm³/mol. The van der Waals surface area contributed by atoms with Gasteiger partial charge in [-0.15, -0.1) is 0 Å². The molecule has 1 amide bonds. The van der Waals surface area contributed by atoms with Gasteiger partial charge in [0.05, 0.1) is 5.57 Å². The molecule has 32 heavy (non-hydrogen) atoms. The van der Waals surface area contributed by atoms with Crippen molar-refractivity contribution in [3.05, 3.63) is 46.8 Å². The summed E-state index contributed by atoms with van der Waals surface area (Å²) in [5, 5.41) is 9.13. The van der Waals surface area contributed by atoms with Gasteiger partial charge >= 0.3 is 0 Å². The van der Waals surface area contributed by atoms with Crippen molar-refractivity contribution in [2.24, 2.45) is 11.7 Å². The Morgan fingerprint density at radius 1 is 1.25 bits per heavy atom. The van der Waals surface area contributed by atoms with Crippen LogP contribution in [-0.2, 0) is 4.79 Å². The first-order chi connectivity index (χ1) is 15.3. The first kappa shape index (κ1) is 23.3. The van der Waals surface area contributed by atoms with Crippen LogP contribution in [0.4, 0.5) is 17.3 Å². The number of nitrogens with two attached hydrogens (primary N) is 1. The Kier molecular flexibility index (Phi) is 7.50. The van der Waals surface area contributed by atoms with Crippen molar-refractivity contribution < 1.29 is 4.79 Å². The number of aromatic nitrogens is 3. The molecular formula is C23H33N7O2. The lowest BCUT2D eigenvalue weighted by atomic mass is 9.86. The van der Waals surface area contributed by atoms with E-state index in [0.29, 0.717) is 23.2 Å². The number of nitrogens with zero attached hydrogens (tertiary/aromatic N) is 3. The highest BCUT2D eigenvalue weighted by Gasteiger charge is 2.25. The molecule has 9 nitrogen and oxygen atoms in total. The third-order valence-corrected chi connectivity index (χ3v) is 5.86. The molecule has 1 aliphatic rings. The summed E-state index contributed by atoms with van der Waals surface area (Å²) in [5.74, 6) is 1.18. The average molecular weight is 440 g/mol. The Bertz CT molecular complexity index is 1040. The number of carbonyl (C=O) groups excluding carboxylic acids is 1. The van der Waals surface area contributed by atoms with Crippen LogP contribution in [0.5, 0.6) is 0 Å². The Labute approximate surface area is 188 Å². The van der Waals surface area contributed by atoms with Crippen molar-refractivity contribution >= 4 is 28.8 Å². The Morgan fingerprint density at radius 3 is 2.62 bits per heavy atom. The van der Waals surface area contributed by atoms with Crippen LogP contribution in [0.25, 0.3) is 5.57 Å². The van der Waals surface area contributed by atoms with E-state index in [1.54, 1.807) is 36.0 Å². The van der Waals surface area contributed by atoms with Gasteiger partial charge in [0.15, 0.2) is 5.82 Å². The molecule has 0 saturated heterocycles. The van der Waals surface area contributed by atoms with Gasteiger partial charge in [-0.2, -0.15) is 0 Å². The van der Waals surface area contributed by atoms with E-state index >= 15 is 0 Å². The maximum atomic E-state index is 13.0. The summed E-state index contributed by atoms with van der Waals surface area (Å²) in [5.41, 5.74) is 6.23. The van der Waals surface area contributed by atoms with Crippen molar-refractivity contribution in [2.45, 2.75) is 58.5 Å². The van der Waals surface area contributed by atoms with E-state index in [-0.39, 0.29) is 34.9 Å². The minimum absolute atomic E-state index is 0.0238. The molecule has 0 aliphatic heterocycles. The van der Waals surface area contributed by atoms with Crippen LogP contribution in [0.3, 0.4) is 0 Å². The SMILES string of the molecule is CNc1cc(Nc2cccn(C(C)C)c2=O)nc(C(=CN)C(=O)NC2CCCCC2C)n1. The van der Waals surface area contributed by atoms with Crippen LogP contribution in [0, 0.1) is 5.92 Å². The van der Waals surface area contributed by atoms with E-state index in [4.69, 9.17) is 5.73 Å². The number of anilines is 3. The molecule has 0 bridgehead atoms. The summed E-state index contributed by atoms with van der Waals surface area (Å²) in [7, 11) is 1.72. The van der Waals surface area contributed by atoms with Crippen LogP contribution in [0.1, 0.15) is 58.3 Å². The summed E-state index contributed by atoms with van der Waals surface area (Å²) in [6.07, 6.45) is 7.31. The van der Waals surface area contributed by atoms with Crippen molar-refractivity contribution in [3.8, 4) is 0 Å². The smallest absolute Gasteiger partial charge is 0.274 e. The molecule has 0 aromatic carbocycles. The third kappa shape index (κ3) is 5.27. The lowest BCUT2D eigenvalue weighted by Crippen LogP contribution is -2.41. The number of carbonyl (C=O) groups is 1. The topological polar surface area (TPSA) is 127 Å². The van der Waals surface area contributed by atoms with Gasteiger partial charge in [-0.3, -0.25) is 9.59 Å². The van der Waals surface area contributed by atoms with E-state index < -0.39 is 0 Å². The van der Waals surface area contributed by atoms with Gasteiger partial charge in [0.25, 0.3) is 11.5 Å². The number of amides is 1. The lowest BCUT2D eigenvalue weighted by molar-refractivity contribution is -0.116. The first-order valence-corrected chi connectivity index (χ1v) is 11.1. The fourth-order valence-corrected chi connectivity index (χ4v) is 3.94. The molecule has 172 valence electrons. The maximum absolute atomic E-state index is 13.0. The number of hydrogen-bond acceptors (Lipinski definition) is 7. The van der Waals surface area contributed by atoms with Gasteiger partial charge in [0.1, 0.15) is 17.3 Å². The number of pyridine rings is 1. The zero-order chi connectivity index (χ0) is 23.3. The monoisotopic (exact) mass is 439 g/mol. The molecular weight excluding hydrogens is 406 g/mol. The molecule has 1 aliphatic carbocycles. The third-order valence-electron chi connectivity index (χ3n) is 5.86. The molecule has 2 unspecified atom stereocenters. The van der Waals surface area contributed by atoms with Crippen LogP contribution in [0.15, 0.2) is 35.4 Å². The van der Waals surface area contributed by atoms with E-state index in [0.717, 1.165) is 19.3 Å². The minimum Gasteiger partial charge on any atom is -0.404 e. The largest absolute Gasteiger partial charge is 0.404 e. The fourth-order valence-electron chi connectivity index (χ4n) is 3.94. The predicted octanol–water partition coefficient (Wildman–Crippen LogP) is 3.00. The molecule has 1 saturated carbocycles. The minimum atomic E-state index is -0.299. The highest BCUT2D eigenvalue weighted by molar-refractivity contribution is 6.18. The summed E-state index contributed by atoms with van der Waals surface area (Å²) in [6.45, 7) is 6.04. The van der Waals surface area contributed by atoms with Gasteiger partial charge in [-0.1, -0.05) is 19.8 Å². The quantitative estimate of drug-likeness (QED) is 0.488. The van der Waals surface area contributed by atoms with E-state index in [9.17, 15) is 9.59 Å². The zero-order valence-electron chi connectivity index (χ0n) is 19.2. The first-order valence-electron chi connectivity index (χ1n) is 11.1. The summed E-state index contributed by atoms with van der Waals surface area (Å²) in [4.78, 5) is 34.6. The van der Waals surface area contributed by atoms with Crippen molar-refractivity contribution in [1.29, 1.82) is 0 Å². The number of hydrogen-bond donors (Lipinski definition) is 4. The molecule has 3 rings (SSSR count). The van der Waals surface area contributed by atoms with Gasteiger partial charge in [-0.05, 0) is 44.7 Å². The van der Waals surface area contributed by atoms with Gasteiger partial charge in [0, 0.05) is 37.6 Å². The normalized spacial score (nSPS) is 19.0. The van der Waals surface area contributed by atoms with Crippen molar-refractivity contribution in [1.82, 2.24) is 19.9 Å². The van der Waals surface area contributed by atoms with Gasteiger partial charge < -0.3 is 26.3 Å². The second-order valence-electron chi connectivity index (χ2n) is 8.49. The van der Waals surface area contributed by atoms with Crippen LogP contribution in [0.2, 0.25) is 0 Å². The molecule has 1 fully saturated rings. The summed E-state index contributed by atoms with van der Waals surface area (Å²) >= 11 is 0. The second-order valence-corrected chi connectivity index (χ2v) is 8.49. The van der Waals surface area contributed by atoms with Crippen molar-refractivity contribution in [3.63, 3.8) is 0 Å². The maximum Gasteiger partial charge on any atom is 0.274 e. The van der Waals surface area contributed by atoms with Gasteiger partial charge in [-0.25, -0.2) is 9.97 Å². The standard InChI is InChI=1S/C23H33N7O2/c1-14(2)30-11-7-10-18(23(30)32)26-20-12-19(25-4)28-21(29-20)16(13-24)22(31)27-17-9-6-5-8-15(17)3/h7,10-15,17H,5-6,8-9,24H2,1-4H3,(H,27,31)(H2,25,26,28,29). The van der Waals surface area contributed by atoms with E-state index in [1.165, 1.54) is 12.6 Å². The van der Waals surface area contributed by atoms with Crippen LogP contribution < -0.4 is 27.2 Å². The molecule has 5 N–H and O–H groups in total. The second kappa shape index (κ2) is 10.3. The lowest BCUT2D eigenvalue weighted by Gasteiger charge is -2.29. The molecule has 2 atom stereocenters. The molecule has 9 heteroatoms. The molecule has 0 radical (unpaired) electrons. The highest BCUT2D eigenvalue weighted by Crippen LogP contribution is 2.25. The van der Waals surface area contributed by atoms with Crippen LogP contribution >= 0.6 is 0 Å². The zero-order valence-corrected chi connectivity index (χ0v) is 19.2. The van der Waals surface area contributed by atoms with E-state index in [2.05, 4.69) is 32.8 Å². The number of nitrogens with one attached hydrogen (secondary N) is 3. The number of rotatable bonds is 7. The Hall–Kier alpha value is -3.36. The molecule has 0 spiro atoms.